The van der Waals surface area contributed by atoms with Crippen molar-refractivity contribution in [3.63, 3.8) is 0 Å². The van der Waals surface area contributed by atoms with Crippen LogP contribution in [-0.2, 0) is 11.2 Å². The summed E-state index contributed by atoms with van der Waals surface area (Å²) in [6, 6.07) is 15.9. The average Bonchev–Trinajstić information content (AvgIpc) is 3.38. The Labute approximate surface area is 158 Å². The Balaban J connectivity index is 1.78. The number of nitrogens with zero attached hydrogens (tertiary/aromatic N) is 2. The maximum atomic E-state index is 12.9. The van der Waals surface area contributed by atoms with E-state index in [-0.39, 0.29) is 11.9 Å². The van der Waals surface area contributed by atoms with E-state index >= 15 is 0 Å². The van der Waals surface area contributed by atoms with Gasteiger partial charge in [0.25, 0.3) is 0 Å². The second kappa shape index (κ2) is 7.12. The first-order valence-electron chi connectivity index (χ1n) is 9.17. The molecule has 0 radical (unpaired) electrons. The molecule has 3 aromatic rings. The minimum atomic E-state index is -0.263. The van der Waals surface area contributed by atoms with Gasteiger partial charge in [-0.3, -0.25) is 4.79 Å². The Hall–Kier alpha value is -2.33. The molecule has 0 aliphatic heterocycles. The Morgan fingerprint density at radius 3 is 2.69 bits per heavy atom. The number of rotatable bonds is 6. The Bertz CT molecular complexity index is 945. The van der Waals surface area contributed by atoms with Crippen molar-refractivity contribution in [1.82, 2.24) is 14.9 Å². The molecule has 1 heterocycles. The van der Waals surface area contributed by atoms with Crippen molar-refractivity contribution in [2.45, 2.75) is 44.7 Å². The molecule has 1 atom stereocenters. The molecule has 0 spiro atoms. The first-order chi connectivity index (χ1) is 12.7. The van der Waals surface area contributed by atoms with Crippen molar-refractivity contribution >= 4 is 28.5 Å². The third-order valence-corrected chi connectivity index (χ3v) is 5.27. The van der Waals surface area contributed by atoms with Gasteiger partial charge in [0, 0.05) is 17.5 Å². The summed E-state index contributed by atoms with van der Waals surface area (Å²) in [4.78, 5) is 17.7. The van der Waals surface area contributed by atoms with Gasteiger partial charge in [-0.2, -0.15) is 0 Å². The maximum Gasteiger partial charge on any atom is 0.243 e. The topological polar surface area (TPSA) is 46.9 Å². The number of para-hydroxylation sites is 2. The first-order valence-corrected chi connectivity index (χ1v) is 9.54. The van der Waals surface area contributed by atoms with Crippen LogP contribution in [0.1, 0.15) is 43.6 Å². The van der Waals surface area contributed by atoms with Crippen LogP contribution in [0.2, 0.25) is 5.02 Å². The number of halogens is 1. The summed E-state index contributed by atoms with van der Waals surface area (Å²) < 4.78 is 2.09. The van der Waals surface area contributed by atoms with E-state index in [2.05, 4.69) is 9.88 Å². The lowest BCUT2D eigenvalue weighted by Crippen LogP contribution is -2.34. The van der Waals surface area contributed by atoms with Crippen LogP contribution in [0.25, 0.3) is 11.0 Å². The highest BCUT2D eigenvalue weighted by molar-refractivity contribution is 6.31. The van der Waals surface area contributed by atoms with Crippen LogP contribution >= 0.6 is 11.6 Å². The highest BCUT2D eigenvalue weighted by Crippen LogP contribution is 2.28. The predicted octanol–water partition coefficient (Wildman–Crippen LogP) is 4.51. The van der Waals surface area contributed by atoms with Gasteiger partial charge < -0.3 is 9.88 Å². The lowest BCUT2D eigenvalue weighted by molar-refractivity contribution is -0.124. The lowest BCUT2D eigenvalue weighted by Gasteiger charge is -2.20. The van der Waals surface area contributed by atoms with E-state index in [1.165, 1.54) is 0 Å². The van der Waals surface area contributed by atoms with Crippen LogP contribution in [0.3, 0.4) is 0 Å². The number of fused-ring (bicyclic) bond motifs is 1. The van der Waals surface area contributed by atoms with Gasteiger partial charge in [0.05, 0.1) is 11.0 Å². The quantitative estimate of drug-likeness (QED) is 0.696. The number of aromatic nitrogens is 2. The van der Waals surface area contributed by atoms with E-state index in [1.807, 2.05) is 55.5 Å². The molecule has 2 aromatic carbocycles. The Morgan fingerprint density at radius 1 is 1.23 bits per heavy atom. The number of hydrogen-bond acceptors (Lipinski definition) is 2. The average molecular weight is 368 g/mol. The van der Waals surface area contributed by atoms with Gasteiger partial charge in [-0.05, 0) is 43.0 Å². The fourth-order valence-corrected chi connectivity index (χ4v) is 3.59. The Kier molecular flexibility index (Phi) is 4.68. The van der Waals surface area contributed by atoms with Crippen LogP contribution in [0.15, 0.2) is 48.5 Å². The van der Waals surface area contributed by atoms with Gasteiger partial charge in [0.15, 0.2) is 0 Å². The number of amides is 1. The summed E-state index contributed by atoms with van der Waals surface area (Å²) in [5, 5.41) is 3.87. The molecule has 0 saturated heterocycles. The molecule has 4 nitrogen and oxygen atoms in total. The monoisotopic (exact) mass is 367 g/mol. The highest BCUT2D eigenvalue weighted by atomic mass is 35.5. The van der Waals surface area contributed by atoms with E-state index in [1.54, 1.807) is 0 Å². The molecule has 26 heavy (non-hydrogen) atoms. The third-order valence-electron chi connectivity index (χ3n) is 4.90. The van der Waals surface area contributed by atoms with Gasteiger partial charge in [-0.1, -0.05) is 48.9 Å². The molecule has 4 rings (SSSR count). The summed E-state index contributed by atoms with van der Waals surface area (Å²) >= 11 is 6.36. The van der Waals surface area contributed by atoms with Crippen molar-refractivity contribution in [2.75, 3.05) is 0 Å². The number of carbonyl (C=O) groups is 1. The van der Waals surface area contributed by atoms with Gasteiger partial charge in [0.2, 0.25) is 5.91 Å². The van der Waals surface area contributed by atoms with Crippen molar-refractivity contribution in [2.24, 2.45) is 0 Å². The number of hydrogen-bond donors (Lipinski definition) is 1. The van der Waals surface area contributed by atoms with Crippen molar-refractivity contribution < 1.29 is 4.79 Å². The zero-order valence-electron chi connectivity index (χ0n) is 14.8. The van der Waals surface area contributed by atoms with Gasteiger partial charge in [-0.15, -0.1) is 0 Å². The molecule has 1 fully saturated rings. The first kappa shape index (κ1) is 17.1. The molecule has 1 amide bonds. The van der Waals surface area contributed by atoms with Crippen LogP contribution in [-0.4, -0.2) is 21.5 Å². The number of nitrogens with one attached hydrogen (secondary N) is 1. The van der Waals surface area contributed by atoms with Gasteiger partial charge in [0.1, 0.15) is 11.9 Å². The Morgan fingerprint density at radius 2 is 1.96 bits per heavy atom. The minimum Gasteiger partial charge on any atom is -0.352 e. The number of imidazole rings is 1. The molecule has 134 valence electrons. The fourth-order valence-electron chi connectivity index (χ4n) is 3.39. The van der Waals surface area contributed by atoms with E-state index < -0.39 is 0 Å². The van der Waals surface area contributed by atoms with Crippen molar-refractivity contribution in [3.8, 4) is 0 Å². The number of benzene rings is 2. The normalized spacial score (nSPS) is 15.2. The smallest absolute Gasteiger partial charge is 0.243 e. The molecular weight excluding hydrogens is 346 g/mol. The van der Waals surface area contributed by atoms with E-state index in [4.69, 9.17) is 16.6 Å². The maximum absolute atomic E-state index is 12.9. The summed E-state index contributed by atoms with van der Waals surface area (Å²) in [5.74, 6) is 0.954. The molecule has 1 aromatic heterocycles. The molecule has 5 heteroatoms. The van der Waals surface area contributed by atoms with E-state index in [9.17, 15) is 4.79 Å². The van der Waals surface area contributed by atoms with Crippen LogP contribution < -0.4 is 5.32 Å². The fraction of sp³-hybridized carbons (Fsp3) is 0.333. The summed E-state index contributed by atoms with van der Waals surface area (Å²) in [7, 11) is 0. The molecule has 1 aliphatic rings. The second-order valence-corrected chi connectivity index (χ2v) is 7.27. The van der Waals surface area contributed by atoms with Gasteiger partial charge in [-0.25, -0.2) is 4.98 Å². The molecule has 1 saturated carbocycles. The molecule has 1 unspecified atom stereocenters. The largest absolute Gasteiger partial charge is 0.352 e. The lowest BCUT2D eigenvalue weighted by atomic mass is 10.1. The van der Waals surface area contributed by atoms with Gasteiger partial charge >= 0.3 is 0 Å². The highest BCUT2D eigenvalue weighted by Gasteiger charge is 2.29. The van der Waals surface area contributed by atoms with Crippen LogP contribution in [0.4, 0.5) is 0 Å². The minimum absolute atomic E-state index is 0.0820. The van der Waals surface area contributed by atoms with E-state index in [0.717, 1.165) is 40.3 Å². The molecule has 0 bridgehead atoms. The number of carbonyl (C=O) groups excluding carboxylic acids is 1. The molecule has 1 N–H and O–H groups in total. The predicted molar refractivity (Wildman–Crippen MR) is 104 cm³/mol. The molecular formula is C21H22ClN3O. The van der Waals surface area contributed by atoms with E-state index in [0.29, 0.717) is 18.9 Å². The zero-order chi connectivity index (χ0) is 18.1. The SMILES string of the molecule is CCC(C(=O)NC1CC1)n1c(Cc2ccccc2Cl)nc2ccccc21. The van der Waals surface area contributed by atoms with Crippen LogP contribution in [0, 0.1) is 0 Å². The summed E-state index contributed by atoms with van der Waals surface area (Å²) in [6.45, 7) is 2.05. The van der Waals surface area contributed by atoms with Crippen molar-refractivity contribution in [1.29, 1.82) is 0 Å². The summed E-state index contributed by atoms with van der Waals surface area (Å²) in [5.41, 5.74) is 2.92. The second-order valence-electron chi connectivity index (χ2n) is 6.86. The summed E-state index contributed by atoms with van der Waals surface area (Å²) in [6.07, 6.45) is 3.48. The molecule has 1 aliphatic carbocycles. The third kappa shape index (κ3) is 3.34. The van der Waals surface area contributed by atoms with Crippen molar-refractivity contribution in [3.05, 3.63) is 64.9 Å². The standard InChI is InChI=1S/C21H22ClN3O/c1-2-18(21(26)23-15-11-12-15)25-19-10-6-5-9-17(19)24-20(25)13-14-7-3-4-8-16(14)22/h3-10,15,18H,2,11-13H2,1H3,(H,23,26). The zero-order valence-corrected chi connectivity index (χ0v) is 15.5. The van der Waals surface area contributed by atoms with Crippen LogP contribution in [0.5, 0.6) is 0 Å².